The Labute approximate surface area is 203 Å². The van der Waals surface area contributed by atoms with Gasteiger partial charge >= 0.3 is 6.03 Å². The van der Waals surface area contributed by atoms with Gasteiger partial charge in [-0.25, -0.2) is 9.69 Å². The molecule has 6 nitrogen and oxygen atoms in total. The van der Waals surface area contributed by atoms with E-state index in [9.17, 15) is 14.9 Å². The number of nitrogens with one attached hydrogen (secondary N) is 1. The number of halogens is 2. The zero-order chi connectivity index (χ0) is 22.7. The number of benzene rings is 3. The van der Waals surface area contributed by atoms with Crippen molar-refractivity contribution >= 4 is 57.9 Å². The minimum Gasteiger partial charge on any atom is -0.488 e. The van der Waals surface area contributed by atoms with Crippen molar-refractivity contribution in [3.8, 4) is 11.8 Å². The van der Waals surface area contributed by atoms with Gasteiger partial charge in [-0.2, -0.15) is 5.26 Å². The Morgan fingerprint density at radius 2 is 1.84 bits per heavy atom. The molecular weight excluding hydrogens is 541 g/mol. The minimum atomic E-state index is -0.519. The van der Waals surface area contributed by atoms with E-state index in [2.05, 4.69) is 34.0 Å². The summed E-state index contributed by atoms with van der Waals surface area (Å²) < 4.78 is 6.71. The minimum absolute atomic E-state index is 0.178. The number of ether oxygens (including phenoxy) is 1. The molecule has 0 saturated carbocycles. The van der Waals surface area contributed by atoms with E-state index in [-0.39, 0.29) is 12.3 Å². The zero-order valence-corrected chi connectivity index (χ0v) is 19.4. The molecule has 8 heteroatoms. The largest absolute Gasteiger partial charge is 0.488 e. The summed E-state index contributed by atoms with van der Waals surface area (Å²) in [4.78, 5) is 26.2. The van der Waals surface area contributed by atoms with Gasteiger partial charge in [0.15, 0.2) is 0 Å². The summed E-state index contributed by atoms with van der Waals surface area (Å²) >= 11 is 8.03. The highest BCUT2D eigenvalue weighted by Crippen LogP contribution is 2.27. The van der Waals surface area contributed by atoms with E-state index < -0.39 is 11.9 Å². The Balaban J connectivity index is 1.50. The van der Waals surface area contributed by atoms with Crippen LogP contribution in [-0.2, 0) is 11.4 Å². The van der Waals surface area contributed by atoms with Crippen LogP contribution in [0.1, 0.15) is 16.7 Å². The maximum Gasteiger partial charge on any atom is 0.333 e. The summed E-state index contributed by atoms with van der Waals surface area (Å²) in [6, 6.07) is 20.8. The molecule has 0 unspecified atom stereocenters. The number of amides is 3. The molecule has 4 rings (SSSR count). The van der Waals surface area contributed by atoms with Crippen molar-refractivity contribution < 1.29 is 14.3 Å². The first-order valence-electron chi connectivity index (χ1n) is 9.49. The number of nitriles is 1. The molecule has 0 aliphatic carbocycles. The smallest absolute Gasteiger partial charge is 0.333 e. The lowest BCUT2D eigenvalue weighted by molar-refractivity contribution is -0.113. The SMILES string of the molecule is N#Cc1ccccc1COc1ccc(/C=C2/NC(=O)N(c3ccc(Cl)cc3)C2=O)cc1I. The van der Waals surface area contributed by atoms with Gasteiger partial charge in [0, 0.05) is 10.6 Å². The van der Waals surface area contributed by atoms with Gasteiger partial charge in [-0.05, 0) is 76.7 Å². The topological polar surface area (TPSA) is 82.4 Å². The van der Waals surface area contributed by atoms with E-state index in [0.29, 0.717) is 22.0 Å². The summed E-state index contributed by atoms with van der Waals surface area (Å²) in [5.41, 5.74) is 2.73. The molecule has 158 valence electrons. The standard InChI is InChI=1S/C24H15ClIN3O3/c25-18-6-8-19(9-7-18)29-23(30)21(28-24(29)31)12-15-5-10-22(20(26)11-15)32-14-17-4-2-1-3-16(17)13-27/h1-12H,14H2,(H,28,31)/b21-12+. The maximum absolute atomic E-state index is 12.8. The number of carbonyl (C=O) groups is 2. The Bertz CT molecular complexity index is 1280. The van der Waals surface area contributed by atoms with Gasteiger partial charge in [-0.15, -0.1) is 0 Å². The van der Waals surface area contributed by atoms with Crippen molar-refractivity contribution in [3.63, 3.8) is 0 Å². The number of imide groups is 1. The highest BCUT2D eigenvalue weighted by molar-refractivity contribution is 14.1. The number of urea groups is 1. The highest BCUT2D eigenvalue weighted by atomic mass is 127. The number of hydrogen-bond acceptors (Lipinski definition) is 4. The lowest BCUT2D eigenvalue weighted by Gasteiger charge is -2.11. The summed E-state index contributed by atoms with van der Waals surface area (Å²) in [6.45, 7) is 0.269. The Morgan fingerprint density at radius 3 is 2.56 bits per heavy atom. The van der Waals surface area contributed by atoms with E-state index in [0.717, 1.165) is 19.6 Å². The normalized spacial score (nSPS) is 14.4. The molecule has 0 spiro atoms. The molecule has 0 radical (unpaired) electrons. The molecule has 1 fully saturated rings. The molecule has 1 heterocycles. The maximum atomic E-state index is 12.8. The number of hydrogen-bond donors (Lipinski definition) is 1. The molecule has 3 aromatic rings. The number of nitrogens with zero attached hydrogens (tertiary/aromatic N) is 2. The summed E-state index contributed by atoms with van der Waals surface area (Å²) in [5.74, 6) is 0.214. The number of rotatable bonds is 5. The van der Waals surface area contributed by atoms with Crippen molar-refractivity contribution in [1.29, 1.82) is 5.26 Å². The van der Waals surface area contributed by atoms with E-state index in [1.807, 2.05) is 24.3 Å². The molecule has 32 heavy (non-hydrogen) atoms. The average Bonchev–Trinajstić information content (AvgIpc) is 3.07. The van der Waals surface area contributed by atoms with E-state index in [1.54, 1.807) is 48.5 Å². The summed E-state index contributed by atoms with van der Waals surface area (Å²) in [7, 11) is 0. The lowest BCUT2D eigenvalue weighted by atomic mass is 10.1. The van der Waals surface area contributed by atoms with Crippen LogP contribution in [-0.4, -0.2) is 11.9 Å². The second-order valence-electron chi connectivity index (χ2n) is 6.85. The summed E-state index contributed by atoms with van der Waals surface area (Å²) in [5, 5.41) is 12.3. The van der Waals surface area contributed by atoms with Gasteiger partial charge in [0.25, 0.3) is 5.91 Å². The van der Waals surface area contributed by atoms with Crippen LogP contribution in [0.15, 0.2) is 72.4 Å². The second kappa shape index (κ2) is 9.42. The Hall–Kier alpha value is -3.35. The van der Waals surface area contributed by atoms with Crippen LogP contribution in [0, 0.1) is 14.9 Å². The molecule has 3 aromatic carbocycles. The first-order chi connectivity index (χ1) is 15.5. The number of anilines is 1. The molecule has 0 atom stereocenters. The first kappa shape index (κ1) is 21.9. The van der Waals surface area contributed by atoms with Crippen LogP contribution in [0.25, 0.3) is 6.08 Å². The Kier molecular flexibility index (Phi) is 6.44. The molecule has 0 bridgehead atoms. The van der Waals surface area contributed by atoms with Crippen LogP contribution in [0.2, 0.25) is 5.02 Å². The molecule has 1 aliphatic rings. The van der Waals surface area contributed by atoms with Crippen LogP contribution < -0.4 is 15.0 Å². The van der Waals surface area contributed by atoms with Gasteiger partial charge in [-0.1, -0.05) is 35.9 Å². The van der Waals surface area contributed by atoms with Crippen LogP contribution in [0.5, 0.6) is 5.75 Å². The third-order valence-electron chi connectivity index (χ3n) is 4.75. The monoisotopic (exact) mass is 555 g/mol. The van der Waals surface area contributed by atoms with Crippen LogP contribution in [0.3, 0.4) is 0 Å². The van der Waals surface area contributed by atoms with Gasteiger partial charge in [0.1, 0.15) is 18.1 Å². The predicted molar refractivity (Wildman–Crippen MR) is 130 cm³/mol. The molecule has 0 aromatic heterocycles. The van der Waals surface area contributed by atoms with Gasteiger partial charge in [-0.3, -0.25) is 4.79 Å². The Morgan fingerprint density at radius 1 is 1.09 bits per heavy atom. The van der Waals surface area contributed by atoms with Crippen molar-refractivity contribution in [2.24, 2.45) is 0 Å². The van der Waals surface area contributed by atoms with Gasteiger partial charge in [0.05, 0.1) is 20.9 Å². The van der Waals surface area contributed by atoms with Crippen LogP contribution in [0.4, 0.5) is 10.5 Å². The quantitative estimate of drug-likeness (QED) is 0.256. The fourth-order valence-electron chi connectivity index (χ4n) is 3.16. The van der Waals surface area contributed by atoms with Crippen molar-refractivity contribution in [1.82, 2.24) is 5.32 Å². The van der Waals surface area contributed by atoms with E-state index >= 15 is 0 Å². The van der Waals surface area contributed by atoms with Gasteiger partial charge in [0.2, 0.25) is 0 Å². The molecule has 1 N–H and O–H groups in total. The van der Waals surface area contributed by atoms with Gasteiger partial charge < -0.3 is 10.1 Å². The highest BCUT2D eigenvalue weighted by Gasteiger charge is 2.34. The third-order valence-corrected chi connectivity index (χ3v) is 5.85. The molecule has 3 amide bonds. The number of carbonyl (C=O) groups excluding carboxylic acids is 2. The van der Waals surface area contributed by atoms with E-state index in [4.69, 9.17) is 16.3 Å². The average molecular weight is 556 g/mol. The van der Waals surface area contributed by atoms with Crippen molar-refractivity contribution in [2.45, 2.75) is 6.61 Å². The van der Waals surface area contributed by atoms with E-state index in [1.165, 1.54) is 0 Å². The second-order valence-corrected chi connectivity index (χ2v) is 8.45. The third kappa shape index (κ3) is 4.61. The zero-order valence-electron chi connectivity index (χ0n) is 16.5. The molecular formula is C24H15ClIN3O3. The van der Waals surface area contributed by atoms with Crippen molar-refractivity contribution in [3.05, 3.63) is 97.7 Å². The fourth-order valence-corrected chi connectivity index (χ4v) is 3.98. The van der Waals surface area contributed by atoms with Crippen LogP contribution >= 0.6 is 34.2 Å². The van der Waals surface area contributed by atoms with Crippen molar-refractivity contribution in [2.75, 3.05) is 4.90 Å². The first-order valence-corrected chi connectivity index (χ1v) is 10.9. The fraction of sp³-hybridized carbons (Fsp3) is 0.0417. The molecule has 1 saturated heterocycles. The predicted octanol–water partition coefficient (Wildman–Crippen LogP) is 5.49. The lowest BCUT2D eigenvalue weighted by Crippen LogP contribution is -2.30. The molecule has 1 aliphatic heterocycles. The summed E-state index contributed by atoms with van der Waals surface area (Å²) in [6.07, 6.45) is 1.62.